The van der Waals surface area contributed by atoms with Crippen LogP contribution in [0.1, 0.15) is 50.0 Å². The number of piperidine rings is 2. The molecule has 0 bridgehead atoms. The Morgan fingerprint density at radius 3 is 2.43 bits per heavy atom. The van der Waals surface area contributed by atoms with Crippen molar-refractivity contribution < 1.29 is 4.79 Å². The Hall–Kier alpha value is -1.50. The van der Waals surface area contributed by atoms with E-state index in [2.05, 4.69) is 20.4 Å². The maximum absolute atomic E-state index is 12.5. The van der Waals surface area contributed by atoms with E-state index in [1.54, 1.807) is 12.1 Å². The van der Waals surface area contributed by atoms with Crippen LogP contribution >= 0.6 is 34.8 Å². The lowest BCUT2D eigenvalue weighted by Gasteiger charge is -2.40. The molecular formula is C27H35Cl3N4O. The first-order valence-corrected chi connectivity index (χ1v) is 13.8. The highest BCUT2D eigenvalue weighted by Crippen LogP contribution is 2.29. The molecule has 190 valence electrons. The Balaban J connectivity index is 1.31. The summed E-state index contributed by atoms with van der Waals surface area (Å²) in [6.07, 6.45) is 7.52. The van der Waals surface area contributed by atoms with Crippen molar-refractivity contribution in [2.45, 2.75) is 50.5 Å². The zero-order valence-electron chi connectivity index (χ0n) is 20.1. The zero-order valence-corrected chi connectivity index (χ0v) is 22.4. The number of nitrogens with zero attached hydrogens (tertiary/aromatic N) is 2. The molecule has 0 aromatic heterocycles. The number of benzene rings is 2. The standard InChI is InChI=1S/C27H35Cl3N4O/c28-22-5-4-6-23(18-22)32-27(35)31-19-21(20-7-8-25(29)26(30)17-20)9-14-33-15-10-24(11-16-33)34-12-2-1-3-13-34/h4-8,17-18,21,24H,1-3,9-16,19H2,(H2,31,32,35). The van der Waals surface area contributed by atoms with Crippen LogP contribution in [0.2, 0.25) is 15.1 Å². The van der Waals surface area contributed by atoms with Crippen LogP contribution in [0.5, 0.6) is 0 Å². The predicted molar refractivity (Wildman–Crippen MR) is 147 cm³/mol. The first kappa shape index (κ1) is 26.6. The van der Waals surface area contributed by atoms with Gasteiger partial charge >= 0.3 is 6.03 Å². The molecular weight excluding hydrogens is 503 g/mol. The van der Waals surface area contributed by atoms with E-state index in [0.29, 0.717) is 27.3 Å². The predicted octanol–water partition coefficient (Wildman–Crippen LogP) is 6.89. The molecule has 0 radical (unpaired) electrons. The minimum Gasteiger partial charge on any atom is -0.337 e. The first-order valence-electron chi connectivity index (χ1n) is 12.7. The Morgan fingerprint density at radius 2 is 1.71 bits per heavy atom. The van der Waals surface area contributed by atoms with Gasteiger partial charge in [0, 0.05) is 29.2 Å². The molecule has 0 spiro atoms. The molecule has 2 heterocycles. The van der Waals surface area contributed by atoms with Gasteiger partial charge in [0.1, 0.15) is 0 Å². The van der Waals surface area contributed by atoms with Crippen molar-refractivity contribution in [1.29, 1.82) is 0 Å². The highest BCUT2D eigenvalue weighted by molar-refractivity contribution is 6.42. The number of urea groups is 1. The van der Waals surface area contributed by atoms with E-state index in [1.165, 1.54) is 45.2 Å². The highest BCUT2D eigenvalue weighted by Gasteiger charge is 2.26. The monoisotopic (exact) mass is 536 g/mol. The molecule has 2 saturated heterocycles. The maximum Gasteiger partial charge on any atom is 0.319 e. The van der Waals surface area contributed by atoms with E-state index in [0.717, 1.165) is 37.7 Å². The lowest BCUT2D eigenvalue weighted by atomic mass is 9.94. The third-order valence-corrected chi connectivity index (χ3v) is 8.24. The molecule has 1 unspecified atom stereocenters. The Kier molecular flexibility index (Phi) is 9.99. The van der Waals surface area contributed by atoms with Crippen LogP contribution in [0.4, 0.5) is 10.5 Å². The lowest BCUT2D eigenvalue weighted by Crippen LogP contribution is -2.47. The van der Waals surface area contributed by atoms with Crippen molar-refractivity contribution in [3.05, 3.63) is 63.1 Å². The zero-order chi connectivity index (χ0) is 24.6. The summed E-state index contributed by atoms with van der Waals surface area (Å²) in [5, 5.41) is 7.55. The maximum atomic E-state index is 12.5. The average Bonchev–Trinajstić information content (AvgIpc) is 2.87. The quantitative estimate of drug-likeness (QED) is 0.385. The van der Waals surface area contributed by atoms with E-state index in [-0.39, 0.29) is 11.9 Å². The first-order chi connectivity index (χ1) is 17.0. The second-order valence-corrected chi connectivity index (χ2v) is 10.9. The van der Waals surface area contributed by atoms with Crippen molar-refractivity contribution in [3.63, 3.8) is 0 Å². The molecule has 0 aliphatic carbocycles. The third-order valence-electron chi connectivity index (χ3n) is 7.26. The summed E-state index contributed by atoms with van der Waals surface area (Å²) < 4.78 is 0. The molecule has 2 amide bonds. The van der Waals surface area contributed by atoms with Crippen molar-refractivity contribution in [2.75, 3.05) is 44.6 Å². The molecule has 0 saturated carbocycles. The second-order valence-electron chi connectivity index (χ2n) is 9.67. The van der Waals surface area contributed by atoms with Crippen LogP contribution < -0.4 is 10.6 Å². The number of likely N-dealkylation sites (tertiary alicyclic amines) is 2. The summed E-state index contributed by atoms with van der Waals surface area (Å²) in [5.41, 5.74) is 1.75. The van der Waals surface area contributed by atoms with Gasteiger partial charge in [0.25, 0.3) is 0 Å². The van der Waals surface area contributed by atoms with Gasteiger partial charge < -0.3 is 20.4 Å². The van der Waals surface area contributed by atoms with Gasteiger partial charge in [-0.3, -0.25) is 0 Å². The number of halogens is 3. The molecule has 2 aliphatic heterocycles. The largest absolute Gasteiger partial charge is 0.337 e. The number of anilines is 1. The fraction of sp³-hybridized carbons (Fsp3) is 0.519. The van der Waals surface area contributed by atoms with E-state index in [4.69, 9.17) is 34.8 Å². The number of carbonyl (C=O) groups is 1. The summed E-state index contributed by atoms with van der Waals surface area (Å²) in [4.78, 5) is 17.8. The molecule has 5 nitrogen and oxygen atoms in total. The van der Waals surface area contributed by atoms with Gasteiger partial charge in [0.2, 0.25) is 0 Å². The van der Waals surface area contributed by atoms with Crippen LogP contribution in [-0.4, -0.2) is 61.1 Å². The third kappa shape index (κ3) is 7.99. The molecule has 4 rings (SSSR count). The number of carbonyl (C=O) groups excluding carboxylic acids is 1. The van der Waals surface area contributed by atoms with Crippen LogP contribution in [0.3, 0.4) is 0 Å². The van der Waals surface area contributed by atoms with Gasteiger partial charge in [0.15, 0.2) is 0 Å². The van der Waals surface area contributed by atoms with E-state index < -0.39 is 0 Å². The second kappa shape index (κ2) is 13.2. The van der Waals surface area contributed by atoms with Gasteiger partial charge in [-0.1, -0.05) is 53.4 Å². The van der Waals surface area contributed by atoms with Gasteiger partial charge in [0.05, 0.1) is 10.0 Å². The van der Waals surface area contributed by atoms with E-state index in [1.807, 2.05) is 30.3 Å². The van der Waals surface area contributed by atoms with E-state index in [9.17, 15) is 4.79 Å². The molecule has 2 aromatic rings. The molecule has 1 atom stereocenters. The van der Waals surface area contributed by atoms with Crippen LogP contribution in [0, 0.1) is 0 Å². The SMILES string of the molecule is O=C(NCC(CCN1CCC(N2CCCCC2)CC1)c1ccc(Cl)c(Cl)c1)Nc1cccc(Cl)c1. The van der Waals surface area contributed by atoms with Crippen molar-refractivity contribution >= 4 is 46.5 Å². The molecule has 2 aliphatic rings. The molecule has 8 heteroatoms. The summed E-state index contributed by atoms with van der Waals surface area (Å²) in [6, 6.07) is 13.4. The average molecular weight is 538 g/mol. The summed E-state index contributed by atoms with van der Waals surface area (Å²) in [7, 11) is 0. The van der Waals surface area contributed by atoms with Gasteiger partial charge in [-0.05, 0) is 101 Å². The lowest BCUT2D eigenvalue weighted by molar-refractivity contribution is 0.0912. The number of amides is 2. The summed E-state index contributed by atoms with van der Waals surface area (Å²) in [6.45, 7) is 6.32. The highest BCUT2D eigenvalue weighted by atomic mass is 35.5. The van der Waals surface area contributed by atoms with Crippen molar-refractivity contribution in [2.24, 2.45) is 0 Å². The number of hydrogen-bond donors (Lipinski definition) is 2. The molecule has 35 heavy (non-hydrogen) atoms. The van der Waals surface area contributed by atoms with Gasteiger partial charge in [-0.2, -0.15) is 0 Å². The number of hydrogen-bond acceptors (Lipinski definition) is 3. The van der Waals surface area contributed by atoms with Gasteiger partial charge in [-0.15, -0.1) is 0 Å². The minimum atomic E-state index is -0.250. The van der Waals surface area contributed by atoms with Crippen LogP contribution in [0.25, 0.3) is 0 Å². The number of nitrogens with one attached hydrogen (secondary N) is 2. The Bertz CT molecular complexity index is 975. The smallest absolute Gasteiger partial charge is 0.319 e. The van der Waals surface area contributed by atoms with Crippen LogP contribution in [-0.2, 0) is 0 Å². The summed E-state index contributed by atoms with van der Waals surface area (Å²) >= 11 is 18.5. The Morgan fingerprint density at radius 1 is 0.943 bits per heavy atom. The van der Waals surface area contributed by atoms with E-state index >= 15 is 0 Å². The molecule has 2 fully saturated rings. The fourth-order valence-corrected chi connectivity index (χ4v) is 5.74. The summed E-state index contributed by atoms with van der Waals surface area (Å²) in [5.74, 6) is 0.134. The number of rotatable bonds is 8. The topological polar surface area (TPSA) is 47.6 Å². The molecule has 2 N–H and O–H groups in total. The van der Waals surface area contributed by atoms with Crippen LogP contribution in [0.15, 0.2) is 42.5 Å². The van der Waals surface area contributed by atoms with Crippen molar-refractivity contribution in [3.8, 4) is 0 Å². The minimum absolute atomic E-state index is 0.134. The normalized spacial score (nSPS) is 18.8. The van der Waals surface area contributed by atoms with Gasteiger partial charge in [-0.25, -0.2) is 4.79 Å². The fourth-order valence-electron chi connectivity index (χ4n) is 5.24. The Labute approximate surface area is 224 Å². The molecule has 2 aromatic carbocycles. The van der Waals surface area contributed by atoms with Crippen molar-refractivity contribution in [1.82, 2.24) is 15.1 Å².